The van der Waals surface area contributed by atoms with Crippen LogP contribution in [-0.4, -0.2) is 6.18 Å². The van der Waals surface area contributed by atoms with E-state index in [1.54, 1.807) is 12.2 Å². The van der Waals surface area contributed by atoms with E-state index >= 15 is 0 Å². The van der Waals surface area contributed by atoms with Crippen LogP contribution >= 0.6 is 0 Å². The van der Waals surface area contributed by atoms with Crippen molar-refractivity contribution in [1.82, 2.24) is 0 Å². The fourth-order valence-corrected chi connectivity index (χ4v) is 3.62. The molecule has 0 heterocycles. The molecule has 0 atom stereocenters. The molecule has 1 aliphatic carbocycles. The van der Waals surface area contributed by atoms with E-state index in [1.807, 2.05) is 12.1 Å². The van der Waals surface area contributed by atoms with Gasteiger partial charge in [0.15, 0.2) is 0 Å². The minimum absolute atomic E-state index is 0.0486. The first-order valence-electron chi connectivity index (χ1n) is 9.31. The lowest BCUT2D eigenvalue weighted by Crippen LogP contribution is -2.13. The van der Waals surface area contributed by atoms with Gasteiger partial charge in [0.25, 0.3) is 0 Å². The third-order valence-corrected chi connectivity index (χ3v) is 5.13. The molecule has 1 aromatic rings. The van der Waals surface area contributed by atoms with Crippen LogP contribution in [0.3, 0.4) is 0 Å². The van der Waals surface area contributed by atoms with E-state index in [2.05, 4.69) is 19.1 Å². The van der Waals surface area contributed by atoms with Gasteiger partial charge in [0.1, 0.15) is 0 Å². The van der Waals surface area contributed by atoms with Gasteiger partial charge in [-0.3, -0.25) is 0 Å². The molecular weight excluding hydrogens is 309 g/mol. The lowest BCUT2D eigenvalue weighted by atomic mass is 9.77. The summed E-state index contributed by atoms with van der Waals surface area (Å²) in [7, 11) is 0. The van der Waals surface area contributed by atoms with E-state index in [0.29, 0.717) is 5.92 Å². The van der Waals surface area contributed by atoms with Crippen molar-refractivity contribution in [1.29, 1.82) is 0 Å². The smallest absolute Gasteiger partial charge is 0.171 e. The second-order valence-electron chi connectivity index (χ2n) is 7.08. The third kappa shape index (κ3) is 6.70. The average molecular weight is 338 g/mol. The quantitative estimate of drug-likeness (QED) is 0.482. The summed E-state index contributed by atoms with van der Waals surface area (Å²) in [6.07, 6.45) is 7.88. The fraction of sp³-hybridized carbons (Fsp3) is 0.619. The van der Waals surface area contributed by atoms with Gasteiger partial charge in [-0.2, -0.15) is 13.2 Å². The number of allylic oxidation sites excluding steroid dienone is 1. The lowest BCUT2D eigenvalue weighted by Gasteiger charge is -2.28. The van der Waals surface area contributed by atoms with Crippen LogP contribution in [0.1, 0.15) is 81.8 Å². The molecule has 0 amide bonds. The summed E-state index contributed by atoms with van der Waals surface area (Å²) >= 11 is 0. The minimum Gasteiger partial charge on any atom is -0.171 e. The number of hydrogen-bond acceptors (Lipinski definition) is 0. The molecule has 0 saturated heterocycles. The topological polar surface area (TPSA) is 0 Å². The van der Waals surface area contributed by atoms with E-state index in [9.17, 15) is 13.2 Å². The second-order valence-corrected chi connectivity index (χ2v) is 7.08. The Balaban J connectivity index is 1.79. The highest BCUT2D eigenvalue weighted by molar-refractivity contribution is 5.49. The van der Waals surface area contributed by atoms with Crippen molar-refractivity contribution in [2.24, 2.45) is 5.92 Å². The van der Waals surface area contributed by atoms with Crippen LogP contribution in [0.2, 0.25) is 0 Å². The molecule has 1 fully saturated rings. The summed E-state index contributed by atoms with van der Waals surface area (Å²) in [6, 6.07) is 8.37. The first-order valence-corrected chi connectivity index (χ1v) is 9.31. The normalized spacial score (nSPS) is 22.2. The molecule has 24 heavy (non-hydrogen) atoms. The molecule has 0 radical (unpaired) electrons. The molecule has 0 unspecified atom stereocenters. The summed E-state index contributed by atoms with van der Waals surface area (Å²) in [5.41, 5.74) is 2.37. The average Bonchev–Trinajstić information content (AvgIpc) is 2.57. The Bertz CT molecular complexity index is 491. The Labute approximate surface area is 144 Å². The molecule has 134 valence electrons. The maximum atomic E-state index is 12.1. The van der Waals surface area contributed by atoms with Crippen LogP contribution in [0.25, 0.3) is 6.08 Å². The van der Waals surface area contributed by atoms with Crippen LogP contribution in [0.4, 0.5) is 13.2 Å². The van der Waals surface area contributed by atoms with Crippen molar-refractivity contribution in [3.8, 4) is 0 Å². The molecule has 0 aliphatic heterocycles. The predicted octanol–water partition coefficient (Wildman–Crippen LogP) is 7.51. The Kier molecular flexibility index (Phi) is 7.39. The van der Waals surface area contributed by atoms with Gasteiger partial charge in [0.05, 0.1) is 0 Å². The van der Waals surface area contributed by atoms with Crippen LogP contribution < -0.4 is 0 Å². The molecule has 1 saturated carbocycles. The van der Waals surface area contributed by atoms with Gasteiger partial charge in [-0.05, 0) is 55.1 Å². The first-order chi connectivity index (χ1) is 11.5. The molecule has 3 heteroatoms. The molecule has 0 N–H and O–H groups in total. The molecule has 0 aromatic heterocycles. The fourth-order valence-electron chi connectivity index (χ4n) is 3.62. The SMILES string of the molecule is CCCC[C@H]1CC[C@H](c2ccc(C=CCCC(F)(F)F)cc2)CC1. The van der Waals surface area contributed by atoms with E-state index in [1.165, 1.54) is 50.5 Å². The highest BCUT2D eigenvalue weighted by atomic mass is 19.4. The molecule has 2 rings (SSSR count). The number of hydrogen-bond donors (Lipinski definition) is 0. The second kappa shape index (κ2) is 9.29. The third-order valence-electron chi connectivity index (χ3n) is 5.13. The van der Waals surface area contributed by atoms with Gasteiger partial charge in [-0.1, -0.05) is 62.6 Å². The van der Waals surface area contributed by atoms with Gasteiger partial charge < -0.3 is 0 Å². The summed E-state index contributed by atoms with van der Waals surface area (Å²) in [5.74, 6) is 1.57. The van der Waals surface area contributed by atoms with Crippen LogP contribution in [0.5, 0.6) is 0 Å². The van der Waals surface area contributed by atoms with Crippen LogP contribution in [0, 0.1) is 5.92 Å². The number of rotatable bonds is 7. The lowest BCUT2D eigenvalue weighted by molar-refractivity contribution is -0.133. The molecule has 0 nitrogen and oxygen atoms in total. The largest absolute Gasteiger partial charge is 0.389 e. The van der Waals surface area contributed by atoms with Crippen molar-refractivity contribution in [3.63, 3.8) is 0 Å². The van der Waals surface area contributed by atoms with Crippen LogP contribution in [-0.2, 0) is 0 Å². The number of halogens is 3. The van der Waals surface area contributed by atoms with Crippen LogP contribution in [0.15, 0.2) is 30.3 Å². The maximum Gasteiger partial charge on any atom is 0.389 e. The van der Waals surface area contributed by atoms with Gasteiger partial charge in [-0.25, -0.2) is 0 Å². The van der Waals surface area contributed by atoms with Crippen molar-refractivity contribution in [3.05, 3.63) is 41.5 Å². The molecule has 1 aliphatic rings. The maximum absolute atomic E-state index is 12.1. The Hall–Kier alpha value is -1.25. The van der Waals surface area contributed by atoms with Crippen molar-refractivity contribution in [2.45, 2.75) is 76.8 Å². The van der Waals surface area contributed by atoms with E-state index in [-0.39, 0.29) is 6.42 Å². The Morgan fingerprint density at radius 1 is 1.04 bits per heavy atom. The zero-order valence-electron chi connectivity index (χ0n) is 14.6. The number of unbranched alkanes of at least 4 members (excludes halogenated alkanes) is 1. The molecule has 0 spiro atoms. The molecule has 0 bridgehead atoms. The summed E-state index contributed by atoms with van der Waals surface area (Å²) in [4.78, 5) is 0. The standard InChI is InChI=1S/C21H29F3/c1-2-3-6-17-8-12-19(13-9-17)20-14-10-18(11-15-20)7-4-5-16-21(22,23)24/h4,7,10-11,14-15,17,19H,2-3,5-6,8-9,12-13,16H2,1H3/t17-,19-. The van der Waals surface area contributed by atoms with Gasteiger partial charge in [0, 0.05) is 6.42 Å². The summed E-state index contributed by atoms with van der Waals surface area (Å²) in [6.45, 7) is 2.25. The van der Waals surface area contributed by atoms with Gasteiger partial charge >= 0.3 is 6.18 Å². The van der Waals surface area contributed by atoms with E-state index < -0.39 is 12.6 Å². The monoisotopic (exact) mass is 338 g/mol. The molecule has 1 aromatic carbocycles. The Morgan fingerprint density at radius 3 is 2.29 bits per heavy atom. The summed E-state index contributed by atoms with van der Waals surface area (Å²) < 4.78 is 36.3. The highest BCUT2D eigenvalue weighted by Crippen LogP contribution is 2.37. The minimum atomic E-state index is -4.07. The van der Waals surface area contributed by atoms with Crippen molar-refractivity contribution >= 4 is 6.08 Å². The van der Waals surface area contributed by atoms with E-state index in [0.717, 1.165) is 11.5 Å². The Morgan fingerprint density at radius 2 is 1.71 bits per heavy atom. The van der Waals surface area contributed by atoms with Crippen molar-refractivity contribution in [2.75, 3.05) is 0 Å². The zero-order chi connectivity index (χ0) is 17.4. The summed E-state index contributed by atoms with van der Waals surface area (Å²) in [5, 5.41) is 0. The van der Waals surface area contributed by atoms with Crippen molar-refractivity contribution < 1.29 is 13.2 Å². The first kappa shape index (κ1) is 19.1. The number of alkyl halides is 3. The zero-order valence-corrected chi connectivity index (χ0v) is 14.6. The van der Waals surface area contributed by atoms with E-state index in [4.69, 9.17) is 0 Å². The molecular formula is C21H29F3. The highest BCUT2D eigenvalue weighted by Gasteiger charge is 2.25. The predicted molar refractivity (Wildman–Crippen MR) is 95.0 cm³/mol. The van der Waals surface area contributed by atoms with Gasteiger partial charge in [0.2, 0.25) is 0 Å². The number of benzene rings is 1. The van der Waals surface area contributed by atoms with Gasteiger partial charge in [-0.15, -0.1) is 0 Å².